The zero-order valence-electron chi connectivity index (χ0n) is 12.5. The molecule has 3 N–H and O–H groups in total. The van der Waals surface area contributed by atoms with Crippen LogP contribution in [0.1, 0.15) is 23.0 Å². The van der Waals surface area contributed by atoms with Crippen LogP contribution in [0, 0.1) is 6.92 Å². The Balaban J connectivity index is 2.35. The predicted molar refractivity (Wildman–Crippen MR) is 86.6 cm³/mol. The van der Waals surface area contributed by atoms with E-state index >= 15 is 0 Å². The lowest BCUT2D eigenvalue weighted by Gasteiger charge is -2.20. The lowest BCUT2D eigenvalue weighted by molar-refractivity contribution is 0.365. The average Bonchev–Trinajstić information content (AvgIpc) is 2.79. The maximum atomic E-state index is 5.80. The number of hydrogen-bond donors (Lipinski definition) is 2. The van der Waals surface area contributed by atoms with E-state index in [2.05, 4.69) is 36.3 Å². The fourth-order valence-electron chi connectivity index (χ4n) is 2.21. The van der Waals surface area contributed by atoms with E-state index in [0.29, 0.717) is 0 Å². The third-order valence-corrected chi connectivity index (χ3v) is 3.90. The molecule has 2 rings (SSSR count). The highest BCUT2D eigenvalue weighted by atomic mass is 79.9. The molecule has 0 aliphatic carbocycles. The Labute approximate surface area is 133 Å². The van der Waals surface area contributed by atoms with Crippen molar-refractivity contribution in [2.24, 2.45) is 5.84 Å². The van der Waals surface area contributed by atoms with Crippen molar-refractivity contribution >= 4 is 15.9 Å². The number of hydrogen-bond acceptors (Lipinski definition) is 5. The molecule has 0 bridgehead atoms. The predicted octanol–water partition coefficient (Wildman–Crippen LogP) is 1.46. The summed E-state index contributed by atoms with van der Waals surface area (Å²) in [6.07, 6.45) is 3.60. The summed E-state index contributed by atoms with van der Waals surface area (Å²) in [4.78, 5) is 6.36. The van der Waals surface area contributed by atoms with Crippen LogP contribution in [0.5, 0.6) is 0 Å². The summed E-state index contributed by atoms with van der Waals surface area (Å²) >= 11 is 3.57. The molecule has 7 heteroatoms. The third-order valence-electron chi connectivity index (χ3n) is 3.29. The van der Waals surface area contributed by atoms with Gasteiger partial charge in [-0.25, -0.2) is 5.43 Å². The molecular formula is C14H21BrN6. The summed E-state index contributed by atoms with van der Waals surface area (Å²) in [5, 5.41) is 4.44. The highest BCUT2D eigenvalue weighted by molar-refractivity contribution is 9.10. The lowest BCUT2D eigenvalue weighted by atomic mass is 10.0. The highest BCUT2D eigenvalue weighted by Gasteiger charge is 2.21. The number of rotatable bonds is 6. The van der Waals surface area contributed by atoms with Crippen molar-refractivity contribution in [1.29, 1.82) is 0 Å². The topological polar surface area (TPSA) is 72.0 Å². The Morgan fingerprint density at radius 2 is 2.24 bits per heavy atom. The van der Waals surface area contributed by atoms with Crippen LogP contribution in [-0.2, 0) is 6.54 Å². The standard InChI is InChI=1S/C14H21BrN6/c1-10-8-11(4-5-17-10)13(19-16)14-12(15)9-18-21(14)7-6-20(2)3/h4-5,8-9,13,19H,6-7,16H2,1-3H3. The lowest BCUT2D eigenvalue weighted by Crippen LogP contribution is -2.32. The second kappa shape index (κ2) is 7.13. The van der Waals surface area contributed by atoms with Gasteiger partial charge in [-0.05, 0) is 54.6 Å². The van der Waals surface area contributed by atoms with Gasteiger partial charge in [0.05, 0.1) is 29.0 Å². The maximum absolute atomic E-state index is 5.80. The number of nitrogens with two attached hydrogens (primary N) is 1. The second-order valence-corrected chi connectivity index (χ2v) is 6.09. The Bertz CT molecular complexity index is 595. The molecule has 0 aromatic carbocycles. The van der Waals surface area contributed by atoms with Crippen molar-refractivity contribution in [3.8, 4) is 0 Å². The fraction of sp³-hybridized carbons (Fsp3) is 0.429. The van der Waals surface area contributed by atoms with Gasteiger partial charge in [0.25, 0.3) is 0 Å². The summed E-state index contributed by atoms with van der Waals surface area (Å²) in [7, 11) is 4.09. The van der Waals surface area contributed by atoms with Crippen LogP contribution in [0.3, 0.4) is 0 Å². The van der Waals surface area contributed by atoms with Crippen LogP contribution in [0.2, 0.25) is 0 Å². The molecule has 2 aromatic heterocycles. The first kappa shape index (κ1) is 16.1. The van der Waals surface area contributed by atoms with E-state index in [9.17, 15) is 0 Å². The maximum Gasteiger partial charge on any atom is 0.0891 e. The summed E-state index contributed by atoms with van der Waals surface area (Å²) in [5.74, 6) is 5.80. The van der Waals surface area contributed by atoms with Gasteiger partial charge in [0.15, 0.2) is 0 Å². The van der Waals surface area contributed by atoms with E-state index in [-0.39, 0.29) is 6.04 Å². The molecule has 0 amide bonds. The molecule has 1 unspecified atom stereocenters. The van der Waals surface area contributed by atoms with E-state index < -0.39 is 0 Å². The molecule has 0 saturated carbocycles. The molecular weight excluding hydrogens is 332 g/mol. The van der Waals surface area contributed by atoms with Gasteiger partial charge in [0.2, 0.25) is 0 Å². The van der Waals surface area contributed by atoms with Gasteiger partial charge in [-0.2, -0.15) is 5.10 Å². The summed E-state index contributed by atoms with van der Waals surface area (Å²) in [6, 6.07) is 3.86. The first-order chi connectivity index (χ1) is 10.0. The Morgan fingerprint density at radius 3 is 2.86 bits per heavy atom. The average molecular weight is 353 g/mol. The number of aryl methyl sites for hydroxylation is 1. The molecule has 0 spiro atoms. The summed E-state index contributed by atoms with van der Waals surface area (Å²) in [6.45, 7) is 3.68. The molecule has 0 fully saturated rings. The van der Waals surface area contributed by atoms with Gasteiger partial charge < -0.3 is 4.90 Å². The largest absolute Gasteiger partial charge is 0.308 e. The quantitative estimate of drug-likeness (QED) is 0.608. The molecule has 0 saturated heterocycles. The molecule has 6 nitrogen and oxygen atoms in total. The zero-order valence-corrected chi connectivity index (χ0v) is 14.1. The minimum atomic E-state index is -0.134. The van der Waals surface area contributed by atoms with Crippen molar-refractivity contribution in [3.63, 3.8) is 0 Å². The van der Waals surface area contributed by atoms with Gasteiger partial charge in [-0.3, -0.25) is 15.5 Å². The molecule has 2 heterocycles. The Hall–Kier alpha value is -1.28. The number of pyridine rings is 1. The van der Waals surface area contributed by atoms with Crippen LogP contribution in [0.15, 0.2) is 29.0 Å². The Morgan fingerprint density at radius 1 is 1.48 bits per heavy atom. The molecule has 0 aliphatic heterocycles. The normalized spacial score (nSPS) is 12.9. The van der Waals surface area contributed by atoms with Gasteiger partial charge in [-0.1, -0.05) is 0 Å². The van der Waals surface area contributed by atoms with Gasteiger partial charge >= 0.3 is 0 Å². The first-order valence-corrected chi connectivity index (χ1v) is 7.57. The van der Waals surface area contributed by atoms with E-state index in [1.807, 2.05) is 44.0 Å². The van der Waals surface area contributed by atoms with Gasteiger partial charge in [-0.15, -0.1) is 0 Å². The van der Waals surface area contributed by atoms with Crippen molar-refractivity contribution in [2.45, 2.75) is 19.5 Å². The highest BCUT2D eigenvalue weighted by Crippen LogP contribution is 2.28. The summed E-state index contributed by atoms with van der Waals surface area (Å²) < 4.78 is 2.92. The number of halogens is 1. The molecule has 1 atom stereocenters. The van der Waals surface area contributed by atoms with Gasteiger partial charge in [0.1, 0.15) is 0 Å². The van der Waals surface area contributed by atoms with E-state index in [0.717, 1.165) is 34.5 Å². The number of nitrogens with one attached hydrogen (secondary N) is 1. The Kier molecular flexibility index (Phi) is 5.46. The van der Waals surface area contributed by atoms with Crippen molar-refractivity contribution < 1.29 is 0 Å². The van der Waals surface area contributed by atoms with E-state index in [1.165, 1.54) is 0 Å². The van der Waals surface area contributed by atoms with Crippen LogP contribution in [0.25, 0.3) is 0 Å². The zero-order chi connectivity index (χ0) is 15.4. The minimum absolute atomic E-state index is 0.134. The van der Waals surface area contributed by atoms with Crippen molar-refractivity contribution in [3.05, 3.63) is 46.0 Å². The van der Waals surface area contributed by atoms with Gasteiger partial charge in [0, 0.05) is 18.4 Å². The van der Waals surface area contributed by atoms with Crippen LogP contribution >= 0.6 is 15.9 Å². The fourth-order valence-corrected chi connectivity index (χ4v) is 2.74. The summed E-state index contributed by atoms with van der Waals surface area (Å²) in [5.41, 5.74) is 5.93. The SMILES string of the molecule is Cc1cc(C(NN)c2c(Br)cnn2CCN(C)C)ccn1. The number of likely N-dealkylation sites (N-methyl/N-ethyl adjacent to an activating group) is 1. The number of aromatic nitrogens is 3. The van der Waals surface area contributed by atoms with E-state index in [4.69, 9.17) is 5.84 Å². The van der Waals surface area contributed by atoms with Crippen molar-refractivity contribution in [2.75, 3.05) is 20.6 Å². The number of nitrogens with zero attached hydrogens (tertiary/aromatic N) is 4. The molecule has 0 aliphatic rings. The second-order valence-electron chi connectivity index (χ2n) is 5.23. The molecule has 0 radical (unpaired) electrons. The molecule has 2 aromatic rings. The molecule has 21 heavy (non-hydrogen) atoms. The van der Waals surface area contributed by atoms with Crippen LogP contribution < -0.4 is 11.3 Å². The minimum Gasteiger partial charge on any atom is -0.308 e. The van der Waals surface area contributed by atoms with Crippen LogP contribution in [0.4, 0.5) is 0 Å². The monoisotopic (exact) mass is 352 g/mol. The third kappa shape index (κ3) is 3.88. The molecule has 114 valence electrons. The number of hydrazine groups is 1. The van der Waals surface area contributed by atoms with Crippen LogP contribution in [-0.4, -0.2) is 40.3 Å². The van der Waals surface area contributed by atoms with E-state index in [1.54, 1.807) is 6.20 Å². The first-order valence-electron chi connectivity index (χ1n) is 6.77. The smallest absolute Gasteiger partial charge is 0.0891 e. The van der Waals surface area contributed by atoms with Crippen molar-refractivity contribution in [1.82, 2.24) is 25.1 Å².